The van der Waals surface area contributed by atoms with Gasteiger partial charge in [0.15, 0.2) is 0 Å². The second-order valence-electron chi connectivity index (χ2n) is 2.50. The number of amides is 2. The second kappa shape index (κ2) is 6.70. The summed E-state index contributed by atoms with van der Waals surface area (Å²) in [5, 5.41) is 20.8. The lowest BCUT2D eigenvalue weighted by Crippen LogP contribution is -2.38. The van der Waals surface area contributed by atoms with Crippen LogP contribution < -0.4 is 10.6 Å². The molecule has 0 saturated heterocycles. The monoisotopic (exact) mass is 204 g/mol. The molecule has 2 amide bonds. The van der Waals surface area contributed by atoms with Gasteiger partial charge < -0.3 is 20.8 Å². The Balaban J connectivity index is 3.36. The van der Waals surface area contributed by atoms with Crippen molar-refractivity contribution in [3.8, 4) is 0 Å². The van der Waals surface area contributed by atoms with E-state index < -0.39 is 24.5 Å². The predicted molar refractivity (Wildman–Crippen MR) is 45.9 cm³/mol. The third-order valence-electron chi connectivity index (χ3n) is 1.25. The Morgan fingerprint density at radius 2 is 1.64 bits per heavy atom. The summed E-state index contributed by atoms with van der Waals surface area (Å²) in [5.74, 6) is -2.07. The fourth-order valence-electron chi connectivity index (χ4n) is 0.660. The van der Waals surface area contributed by atoms with Crippen molar-refractivity contribution in [2.45, 2.75) is 12.8 Å². The van der Waals surface area contributed by atoms with Crippen LogP contribution >= 0.6 is 0 Å². The summed E-state index contributed by atoms with van der Waals surface area (Å²) in [6.07, 6.45) is 0.287. The van der Waals surface area contributed by atoms with Crippen LogP contribution in [0.2, 0.25) is 0 Å². The summed E-state index contributed by atoms with van der Waals surface area (Å²) in [5.41, 5.74) is 0. The summed E-state index contributed by atoms with van der Waals surface area (Å²) in [6.45, 7) is -0.248. The van der Waals surface area contributed by atoms with Crippen molar-refractivity contribution in [1.82, 2.24) is 10.6 Å². The Hall–Kier alpha value is -1.79. The number of carbonyl (C=O) groups excluding carboxylic acids is 1. The number of rotatable bonds is 6. The van der Waals surface area contributed by atoms with Gasteiger partial charge in [-0.05, 0) is 6.42 Å². The maximum absolute atomic E-state index is 10.8. The molecule has 4 N–H and O–H groups in total. The fraction of sp³-hybridized carbons (Fsp3) is 0.571. The van der Waals surface area contributed by atoms with Gasteiger partial charge in [-0.3, -0.25) is 9.59 Å². The SMILES string of the molecule is O=C(O)CCCNC(=O)NCC(=O)O. The summed E-state index contributed by atoms with van der Waals surface area (Å²) in [6, 6.07) is -0.613. The molecule has 0 heterocycles. The standard InChI is InChI=1S/C7H12N2O5/c10-5(11)2-1-3-8-7(14)9-4-6(12)13/h1-4H2,(H,10,11)(H,12,13)(H2,8,9,14). The second-order valence-corrected chi connectivity index (χ2v) is 2.50. The van der Waals surface area contributed by atoms with Crippen LogP contribution in [0.1, 0.15) is 12.8 Å². The van der Waals surface area contributed by atoms with E-state index in [1.165, 1.54) is 0 Å². The van der Waals surface area contributed by atoms with E-state index in [1.54, 1.807) is 0 Å². The van der Waals surface area contributed by atoms with Gasteiger partial charge >= 0.3 is 18.0 Å². The van der Waals surface area contributed by atoms with E-state index in [1.807, 2.05) is 0 Å². The zero-order chi connectivity index (χ0) is 11.0. The molecule has 0 unspecified atom stereocenters. The lowest BCUT2D eigenvalue weighted by Gasteiger charge is -2.04. The van der Waals surface area contributed by atoms with Gasteiger partial charge in [0.25, 0.3) is 0 Å². The average molecular weight is 204 g/mol. The Bertz CT molecular complexity index is 228. The third kappa shape index (κ3) is 8.31. The highest BCUT2D eigenvalue weighted by Gasteiger charge is 2.02. The van der Waals surface area contributed by atoms with Crippen molar-refractivity contribution >= 4 is 18.0 Å². The first kappa shape index (κ1) is 12.2. The Labute approximate surface area is 80.1 Å². The zero-order valence-corrected chi connectivity index (χ0v) is 7.45. The summed E-state index contributed by atoms with van der Waals surface area (Å²) >= 11 is 0. The van der Waals surface area contributed by atoms with Crippen LogP contribution in [0.4, 0.5) is 4.79 Å². The lowest BCUT2D eigenvalue weighted by atomic mass is 10.3. The zero-order valence-electron chi connectivity index (χ0n) is 7.45. The van der Waals surface area contributed by atoms with Gasteiger partial charge in [-0.1, -0.05) is 0 Å². The van der Waals surface area contributed by atoms with E-state index in [0.29, 0.717) is 6.42 Å². The van der Waals surface area contributed by atoms with Gasteiger partial charge in [-0.2, -0.15) is 0 Å². The molecule has 0 rings (SSSR count). The van der Waals surface area contributed by atoms with Crippen LogP contribution in [0.5, 0.6) is 0 Å². The number of carbonyl (C=O) groups is 3. The molecular weight excluding hydrogens is 192 g/mol. The van der Waals surface area contributed by atoms with Crippen LogP contribution in [0.25, 0.3) is 0 Å². The average Bonchev–Trinajstić information content (AvgIpc) is 2.08. The maximum atomic E-state index is 10.8. The quantitative estimate of drug-likeness (QED) is 0.424. The van der Waals surface area contributed by atoms with Crippen molar-refractivity contribution < 1.29 is 24.6 Å². The molecule has 7 heteroatoms. The normalized spacial score (nSPS) is 9.14. The molecule has 0 bridgehead atoms. The van der Waals surface area contributed by atoms with Gasteiger partial charge in [0.05, 0.1) is 0 Å². The summed E-state index contributed by atoms with van der Waals surface area (Å²) in [7, 11) is 0. The number of nitrogens with one attached hydrogen (secondary N) is 2. The first-order valence-electron chi connectivity index (χ1n) is 3.97. The minimum Gasteiger partial charge on any atom is -0.481 e. The van der Waals surface area contributed by atoms with Gasteiger partial charge in [-0.25, -0.2) is 4.79 Å². The largest absolute Gasteiger partial charge is 0.481 e. The van der Waals surface area contributed by atoms with Gasteiger partial charge in [0.2, 0.25) is 0 Å². The molecule has 0 spiro atoms. The van der Waals surface area contributed by atoms with E-state index in [0.717, 1.165) is 0 Å². The van der Waals surface area contributed by atoms with E-state index in [2.05, 4.69) is 10.6 Å². The molecule has 0 aliphatic heterocycles. The smallest absolute Gasteiger partial charge is 0.323 e. The first-order valence-corrected chi connectivity index (χ1v) is 3.97. The molecule has 0 aromatic carbocycles. The number of hydrogen-bond donors (Lipinski definition) is 4. The molecule has 14 heavy (non-hydrogen) atoms. The Morgan fingerprint density at radius 3 is 2.14 bits per heavy atom. The molecule has 0 aromatic heterocycles. The van der Waals surface area contributed by atoms with E-state index in [-0.39, 0.29) is 13.0 Å². The highest BCUT2D eigenvalue weighted by molar-refractivity contribution is 5.79. The summed E-state index contributed by atoms with van der Waals surface area (Å²) in [4.78, 5) is 30.8. The van der Waals surface area contributed by atoms with Crippen molar-refractivity contribution in [3.63, 3.8) is 0 Å². The van der Waals surface area contributed by atoms with E-state index in [4.69, 9.17) is 10.2 Å². The fourth-order valence-corrected chi connectivity index (χ4v) is 0.660. The highest BCUT2D eigenvalue weighted by Crippen LogP contribution is 1.85. The predicted octanol–water partition coefficient (Wildman–Crippen LogP) is -0.765. The number of hydrogen-bond acceptors (Lipinski definition) is 3. The minimum absolute atomic E-state index is 0.0286. The van der Waals surface area contributed by atoms with Crippen molar-refractivity contribution in [2.24, 2.45) is 0 Å². The molecule has 7 nitrogen and oxygen atoms in total. The summed E-state index contributed by atoms with van der Waals surface area (Å²) < 4.78 is 0. The van der Waals surface area contributed by atoms with Crippen LogP contribution in [0.3, 0.4) is 0 Å². The van der Waals surface area contributed by atoms with Gasteiger partial charge in [-0.15, -0.1) is 0 Å². The number of urea groups is 1. The molecule has 80 valence electrons. The van der Waals surface area contributed by atoms with Crippen molar-refractivity contribution in [1.29, 1.82) is 0 Å². The Kier molecular flexibility index (Phi) is 5.84. The number of carboxylic acid groups (broad SMARTS) is 2. The van der Waals surface area contributed by atoms with Crippen LogP contribution in [-0.4, -0.2) is 41.3 Å². The van der Waals surface area contributed by atoms with Crippen molar-refractivity contribution in [3.05, 3.63) is 0 Å². The first-order chi connectivity index (χ1) is 6.52. The van der Waals surface area contributed by atoms with Crippen LogP contribution in [0, 0.1) is 0 Å². The molecule has 0 radical (unpaired) electrons. The minimum atomic E-state index is -1.13. The number of aliphatic carboxylic acids is 2. The number of carboxylic acids is 2. The molecule has 0 aromatic rings. The maximum Gasteiger partial charge on any atom is 0.323 e. The van der Waals surface area contributed by atoms with Crippen LogP contribution in [0.15, 0.2) is 0 Å². The van der Waals surface area contributed by atoms with E-state index >= 15 is 0 Å². The van der Waals surface area contributed by atoms with E-state index in [9.17, 15) is 14.4 Å². The molecular formula is C7H12N2O5. The Morgan fingerprint density at radius 1 is 1.00 bits per heavy atom. The van der Waals surface area contributed by atoms with Crippen molar-refractivity contribution in [2.75, 3.05) is 13.1 Å². The lowest BCUT2D eigenvalue weighted by molar-refractivity contribution is -0.137. The van der Waals surface area contributed by atoms with Gasteiger partial charge in [0.1, 0.15) is 6.54 Å². The highest BCUT2D eigenvalue weighted by atomic mass is 16.4. The molecule has 0 aliphatic rings. The van der Waals surface area contributed by atoms with Crippen LogP contribution in [-0.2, 0) is 9.59 Å². The molecule has 0 atom stereocenters. The molecule has 0 fully saturated rings. The molecule has 0 aliphatic carbocycles. The van der Waals surface area contributed by atoms with Gasteiger partial charge in [0, 0.05) is 13.0 Å². The topological polar surface area (TPSA) is 116 Å². The molecule has 0 saturated carbocycles. The third-order valence-corrected chi connectivity index (χ3v) is 1.25.